The number of anilines is 1. The summed E-state index contributed by atoms with van der Waals surface area (Å²) >= 11 is 0. The van der Waals surface area contributed by atoms with Gasteiger partial charge < -0.3 is 4.74 Å². The number of nitrogens with zero attached hydrogens (tertiary/aromatic N) is 1. The van der Waals surface area contributed by atoms with Gasteiger partial charge in [0.2, 0.25) is 10.0 Å². The highest BCUT2D eigenvalue weighted by molar-refractivity contribution is 7.89. The molecule has 0 radical (unpaired) electrons. The Labute approximate surface area is 223 Å². The molecule has 38 heavy (non-hydrogen) atoms. The molecule has 0 saturated carbocycles. The van der Waals surface area contributed by atoms with Crippen molar-refractivity contribution in [1.29, 1.82) is 0 Å². The van der Waals surface area contributed by atoms with E-state index in [0.717, 1.165) is 36.0 Å². The lowest BCUT2D eigenvalue weighted by Crippen LogP contribution is -2.37. The first-order chi connectivity index (χ1) is 18.5. The van der Waals surface area contributed by atoms with Gasteiger partial charge in [0.05, 0.1) is 4.90 Å². The number of sulfonamides is 1. The fourth-order valence-corrected chi connectivity index (χ4v) is 6.46. The summed E-state index contributed by atoms with van der Waals surface area (Å²) < 4.78 is 33.8. The van der Waals surface area contributed by atoms with E-state index in [2.05, 4.69) is 5.32 Å². The molecule has 194 valence electrons. The second kappa shape index (κ2) is 11.2. The molecule has 1 aliphatic heterocycles. The highest BCUT2D eigenvalue weighted by atomic mass is 32.2. The first kappa shape index (κ1) is 25.7. The lowest BCUT2D eigenvalue weighted by molar-refractivity contribution is 0.0786. The van der Waals surface area contributed by atoms with Crippen LogP contribution in [0.3, 0.4) is 0 Å². The predicted molar refractivity (Wildman–Crippen MR) is 148 cm³/mol. The number of amides is 1. The number of carbonyl (C=O) groups is 1. The van der Waals surface area contributed by atoms with Crippen molar-refractivity contribution in [2.45, 2.75) is 29.8 Å². The first-order valence-corrected chi connectivity index (χ1v) is 14.2. The Morgan fingerprint density at radius 2 is 1.11 bits per heavy atom. The van der Waals surface area contributed by atoms with Crippen LogP contribution in [0.4, 0.5) is 10.5 Å². The normalized spacial score (nSPS) is 14.5. The van der Waals surface area contributed by atoms with E-state index in [1.165, 1.54) is 16.4 Å². The van der Waals surface area contributed by atoms with Crippen LogP contribution in [0.15, 0.2) is 120 Å². The quantitative estimate of drug-likeness (QED) is 0.283. The number of hydrogen-bond donors (Lipinski definition) is 1. The van der Waals surface area contributed by atoms with Gasteiger partial charge in [-0.2, -0.15) is 4.31 Å². The van der Waals surface area contributed by atoms with Crippen LogP contribution in [-0.2, 0) is 20.4 Å². The van der Waals surface area contributed by atoms with E-state index in [1.54, 1.807) is 12.1 Å². The average Bonchev–Trinajstić information content (AvgIpc) is 2.98. The van der Waals surface area contributed by atoms with Gasteiger partial charge in [-0.05, 0) is 37.1 Å². The van der Waals surface area contributed by atoms with Crippen LogP contribution < -0.4 is 5.32 Å². The first-order valence-electron chi connectivity index (χ1n) is 12.8. The van der Waals surface area contributed by atoms with Crippen molar-refractivity contribution in [3.63, 3.8) is 0 Å². The van der Waals surface area contributed by atoms with Crippen molar-refractivity contribution in [1.82, 2.24) is 4.31 Å². The number of nitrogens with one attached hydrogen (secondary N) is 1. The summed E-state index contributed by atoms with van der Waals surface area (Å²) in [5.74, 6) is 0. The van der Waals surface area contributed by atoms with E-state index in [4.69, 9.17) is 4.74 Å². The minimum atomic E-state index is -3.55. The third-order valence-electron chi connectivity index (χ3n) is 6.84. The Morgan fingerprint density at radius 3 is 1.55 bits per heavy atom. The molecule has 1 amide bonds. The number of hydrogen-bond acceptors (Lipinski definition) is 4. The molecule has 5 rings (SSSR count). The van der Waals surface area contributed by atoms with Gasteiger partial charge in [-0.25, -0.2) is 13.2 Å². The molecule has 6 nitrogen and oxygen atoms in total. The molecule has 4 aromatic carbocycles. The van der Waals surface area contributed by atoms with Crippen LogP contribution in [0.25, 0.3) is 0 Å². The molecule has 1 heterocycles. The topological polar surface area (TPSA) is 75.7 Å². The monoisotopic (exact) mass is 526 g/mol. The third kappa shape index (κ3) is 5.21. The van der Waals surface area contributed by atoms with Gasteiger partial charge >= 0.3 is 6.09 Å². The van der Waals surface area contributed by atoms with Crippen molar-refractivity contribution in [2.75, 3.05) is 18.4 Å². The summed E-state index contributed by atoms with van der Waals surface area (Å²) in [6.45, 7) is 1.07. The third-order valence-corrected chi connectivity index (χ3v) is 8.75. The molecule has 1 N–H and O–H groups in total. The molecule has 0 aliphatic carbocycles. The molecule has 4 aromatic rings. The molecule has 0 atom stereocenters. The Balaban J connectivity index is 1.45. The van der Waals surface area contributed by atoms with E-state index in [0.29, 0.717) is 18.8 Å². The van der Waals surface area contributed by atoms with Crippen LogP contribution in [0.1, 0.15) is 36.0 Å². The number of benzene rings is 4. The number of piperidine rings is 1. The summed E-state index contributed by atoms with van der Waals surface area (Å²) in [5.41, 5.74) is 1.64. The lowest BCUT2D eigenvalue weighted by atomic mass is 9.80. The van der Waals surface area contributed by atoms with Crippen LogP contribution in [0.5, 0.6) is 0 Å². The molecule has 0 bridgehead atoms. The maximum absolute atomic E-state index is 13.4. The van der Waals surface area contributed by atoms with Crippen molar-refractivity contribution in [3.05, 3.63) is 132 Å². The Bertz CT molecular complexity index is 1360. The fraction of sp³-hybridized carbons (Fsp3) is 0.194. The second-order valence-electron chi connectivity index (χ2n) is 9.28. The zero-order valence-electron chi connectivity index (χ0n) is 21.0. The molecular formula is C31H30N2O4S. The van der Waals surface area contributed by atoms with E-state index in [1.807, 2.05) is 91.0 Å². The lowest BCUT2D eigenvalue weighted by Gasteiger charge is -2.35. The molecule has 7 heteroatoms. The molecular weight excluding hydrogens is 496 g/mol. The molecule has 0 spiro atoms. The van der Waals surface area contributed by atoms with Crippen LogP contribution in [0.2, 0.25) is 0 Å². The summed E-state index contributed by atoms with van der Waals surface area (Å²) in [5, 5.41) is 2.80. The number of rotatable bonds is 7. The SMILES string of the molecule is O=C(Nc1ccc(S(=O)(=O)N2CCCCC2)cc1)OC(c1ccccc1)(c1ccccc1)c1ccccc1. The van der Waals surface area contributed by atoms with E-state index < -0.39 is 21.7 Å². The van der Waals surface area contributed by atoms with E-state index >= 15 is 0 Å². The standard InChI is InChI=1S/C31H30N2O4S/c34-30(32-28-19-21-29(22-20-28)38(35,36)33-23-11-4-12-24-33)37-31(25-13-5-1-6-14-25,26-15-7-2-8-16-26)27-17-9-3-10-18-27/h1-3,5-10,13-22H,4,11-12,23-24H2,(H,32,34). The Hall–Kier alpha value is -3.94. The number of ether oxygens (including phenoxy) is 1. The van der Waals surface area contributed by atoms with Crippen molar-refractivity contribution < 1.29 is 17.9 Å². The maximum atomic E-state index is 13.4. The number of carbonyl (C=O) groups excluding carboxylic acids is 1. The van der Waals surface area contributed by atoms with Gasteiger partial charge in [0.25, 0.3) is 0 Å². The van der Waals surface area contributed by atoms with E-state index in [-0.39, 0.29) is 4.90 Å². The van der Waals surface area contributed by atoms with Gasteiger partial charge in [0, 0.05) is 35.5 Å². The minimum absolute atomic E-state index is 0.213. The largest absolute Gasteiger partial charge is 0.428 e. The summed E-state index contributed by atoms with van der Waals surface area (Å²) in [7, 11) is -3.55. The molecule has 1 fully saturated rings. The molecule has 1 saturated heterocycles. The molecule has 0 unspecified atom stereocenters. The Morgan fingerprint density at radius 1 is 0.658 bits per heavy atom. The van der Waals surface area contributed by atoms with Crippen molar-refractivity contribution in [3.8, 4) is 0 Å². The van der Waals surface area contributed by atoms with Crippen LogP contribution in [0, 0.1) is 0 Å². The van der Waals surface area contributed by atoms with Gasteiger partial charge in [-0.3, -0.25) is 5.32 Å². The zero-order chi connectivity index (χ0) is 26.4. The highest BCUT2D eigenvalue weighted by Crippen LogP contribution is 2.40. The van der Waals surface area contributed by atoms with E-state index in [9.17, 15) is 13.2 Å². The molecule has 1 aliphatic rings. The van der Waals surface area contributed by atoms with Crippen LogP contribution in [-0.4, -0.2) is 31.9 Å². The van der Waals surface area contributed by atoms with Gasteiger partial charge in [0.15, 0.2) is 5.60 Å². The van der Waals surface area contributed by atoms with Gasteiger partial charge in [-0.15, -0.1) is 0 Å². The van der Waals surface area contributed by atoms with Crippen molar-refractivity contribution in [2.24, 2.45) is 0 Å². The Kier molecular flexibility index (Phi) is 7.58. The van der Waals surface area contributed by atoms with Gasteiger partial charge in [-0.1, -0.05) is 97.4 Å². The molecule has 0 aromatic heterocycles. The smallest absolute Gasteiger partial charge is 0.413 e. The summed E-state index contributed by atoms with van der Waals surface area (Å²) in [6, 6.07) is 35.1. The van der Waals surface area contributed by atoms with Crippen LogP contribution >= 0.6 is 0 Å². The zero-order valence-corrected chi connectivity index (χ0v) is 21.8. The fourth-order valence-electron chi connectivity index (χ4n) is 4.94. The predicted octanol–water partition coefficient (Wildman–Crippen LogP) is 6.40. The second-order valence-corrected chi connectivity index (χ2v) is 11.2. The van der Waals surface area contributed by atoms with Crippen molar-refractivity contribution >= 4 is 21.8 Å². The maximum Gasteiger partial charge on any atom is 0.413 e. The highest BCUT2D eigenvalue weighted by Gasteiger charge is 2.40. The summed E-state index contributed by atoms with van der Waals surface area (Å²) in [6.07, 6.45) is 2.13. The average molecular weight is 527 g/mol. The minimum Gasteiger partial charge on any atom is -0.428 e. The van der Waals surface area contributed by atoms with Gasteiger partial charge in [0.1, 0.15) is 0 Å². The summed E-state index contributed by atoms with van der Waals surface area (Å²) in [4.78, 5) is 13.6.